The molecule has 7 heteroatoms. The second-order valence-electron chi connectivity index (χ2n) is 8.10. The second-order valence-corrected chi connectivity index (χ2v) is 11.8. The normalized spacial score (nSPS) is 12.8. The van der Waals surface area contributed by atoms with Crippen LogP contribution in [0.3, 0.4) is 0 Å². The van der Waals surface area contributed by atoms with Gasteiger partial charge in [0, 0.05) is 32.5 Å². The van der Waals surface area contributed by atoms with Crippen LogP contribution < -0.4 is 20.7 Å². The van der Waals surface area contributed by atoms with Crippen molar-refractivity contribution in [3.05, 3.63) is 115 Å². The van der Waals surface area contributed by atoms with Crippen LogP contribution in [0.25, 0.3) is 22.4 Å². The predicted octanol–water partition coefficient (Wildman–Crippen LogP) is 2.39. The van der Waals surface area contributed by atoms with E-state index >= 15 is 0 Å². The first-order valence-electron chi connectivity index (χ1n) is 10.9. The number of nitrogens with zero attached hydrogens (tertiary/aromatic N) is 3. The van der Waals surface area contributed by atoms with Gasteiger partial charge in [0.1, 0.15) is 13.8 Å². The van der Waals surface area contributed by atoms with E-state index in [1.807, 2.05) is 6.20 Å². The summed E-state index contributed by atoms with van der Waals surface area (Å²) in [5.74, 6) is -0.990. The molecule has 7 rings (SSSR count). The zero-order valence-corrected chi connectivity index (χ0v) is 21.7. The molecule has 2 aliphatic heterocycles. The molecule has 5 heterocycles. The van der Waals surface area contributed by atoms with Crippen molar-refractivity contribution in [1.82, 2.24) is 15.0 Å². The van der Waals surface area contributed by atoms with Crippen LogP contribution in [0, 0.1) is 6.07 Å². The Labute approximate surface area is 216 Å². The molecule has 35 heavy (non-hydrogen) atoms. The van der Waals surface area contributed by atoms with Crippen molar-refractivity contribution in [1.29, 1.82) is 0 Å². The van der Waals surface area contributed by atoms with Crippen molar-refractivity contribution >= 4 is 34.8 Å². The van der Waals surface area contributed by atoms with E-state index in [-0.39, 0.29) is 25.8 Å². The number of benzene rings is 2. The average Bonchev–Trinajstić information content (AvgIpc) is 3.37. The van der Waals surface area contributed by atoms with Crippen molar-refractivity contribution in [2.45, 2.75) is 0 Å². The molecular formula is C28H18IrN3O2Si-. The van der Waals surface area contributed by atoms with E-state index in [1.165, 1.54) is 44.1 Å². The first-order valence-corrected chi connectivity index (χ1v) is 12.9. The molecule has 0 saturated heterocycles. The first kappa shape index (κ1) is 23.0. The summed E-state index contributed by atoms with van der Waals surface area (Å²) in [5, 5.41) is 13.9. The van der Waals surface area contributed by atoms with Crippen molar-refractivity contribution in [3.8, 4) is 22.4 Å². The molecule has 0 fully saturated rings. The maximum Gasteiger partial charge on any atom is 0.354 e. The maximum absolute atomic E-state index is 10.1. The van der Waals surface area contributed by atoms with Crippen LogP contribution >= 0.6 is 0 Å². The molecule has 5 aromatic rings. The average molecular weight is 649 g/mol. The molecular weight excluding hydrogens is 631 g/mol. The third kappa shape index (κ3) is 3.39. The van der Waals surface area contributed by atoms with Crippen molar-refractivity contribution in [2.75, 3.05) is 0 Å². The van der Waals surface area contributed by atoms with Gasteiger partial charge in [-0.15, -0.1) is 5.19 Å². The Bertz CT molecular complexity index is 1370. The summed E-state index contributed by atoms with van der Waals surface area (Å²) in [6.45, 7) is 0. The molecule has 1 radical (unpaired) electrons. The Morgan fingerprint density at radius 1 is 0.743 bits per heavy atom. The number of aromatic nitrogens is 3. The van der Waals surface area contributed by atoms with Gasteiger partial charge in [-0.25, -0.2) is 9.78 Å². The molecule has 3 aromatic heterocycles. The van der Waals surface area contributed by atoms with E-state index in [1.54, 1.807) is 18.3 Å². The molecule has 0 amide bonds. The monoisotopic (exact) mass is 649 g/mol. The molecule has 2 aliphatic rings. The van der Waals surface area contributed by atoms with Crippen molar-refractivity contribution in [3.63, 3.8) is 0 Å². The molecule has 1 N–H and O–H groups in total. The van der Waals surface area contributed by atoms with Gasteiger partial charge in [0.15, 0.2) is 0 Å². The van der Waals surface area contributed by atoms with Gasteiger partial charge in [-0.05, 0) is 57.8 Å². The van der Waals surface area contributed by atoms with Crippen LogP contribution in [-0.4, -0.2) is 34.1 Å². The summed E-state index contributed by atoms with van der Waals surface area (Å²) in [4.78, 5) is 22.9. The molecule has 2 aromatic carbocycles. The van der Waals surface area contributed by atoms with E-state index in [2.05, 4.69) is 82.9 Å². The molecule has 0 aliphatic carbocycles. The van der Waals surface area contributed by atoms with Gasteiger partial charge < -0.3 is 10.1 Å². The smallest absolute Gasteiger partial charge is 0.354 e. The third-order valence-corrected chi connectivity index (χ3v) is 11.3. The Kier molecular flexibility index (Phi) is 5.99. The number of hydrogen-bond donors (Lipinski definition) is 1. The SMILES string of the molecule is O=C(O)c1ccccn1.[Ir].[c-]1cncc2c1-c1ncccc1[Si]21c2ccccc2-c2ccccc21. The fourth-order valence-corrected chi connectivity index (χ4v) is 10.6. The van der Waals surface area contributed by atoms with Gasteiger partial charge in [0.05, 0.1) is 0 Å². The van der Waals surface area contributed by atoms with E-state index in [0.29, 0.717) is 0 Å². The van der Waals surface area contributed by atoms with Crippen LogP contribution in [0.2, 0.25) is 0 Å². The third-order valence-electron chi connectivity index (χ3n) is 6.45. The van der Waals surface area contributed by atoms with Crippen LogP contribution in [0.15, 0.2) is 104 Å². The minimum Gasteiger partial charge on any atom is -0.477 e. The second kappa shape index (κ2) is 9.11. The molecule has 171 valence electrons. The topological polar surface area (TPSA) is 76.0 Å². The number of fused-ring (bicyclic) bond motifs is 10. The van der Waals surface area contributed by atoms with Crippen molar-refractivity contribution < 1.29 is 30.0 Å². The molecule has 5 nitrogen and oxygen atoms in total. The number of carbonyl (C=O) groups is 1. The zero-order valence-electron chi connectivity index (χ0n) is 18.3. The largest absolute Gasteiger partial charge is 0.477 e. The Morgan fingerprint density at radius 3 is 2.00 bits per heavy atom. The van der Waals surface area contributed by atoms with Gasteiger partial charge in [-0.1, -0.05) is 65.9 Å². The van der Waals surface area contributed by atoms with Gasteiger partial charge in [0.2, 0.25) is 0 Å². The Balaban J connectivity index is 0.000000217. The van der Waals surface area contributed by atoms with Crippen LogP contribution in [0.1, 0.15) is 10.5 Å². The van der Waals surface area contributed by atoms with E-state index in [9.17, 15) is 4.79 Å². The standard InChI is InChI=1S/C22H13N2Si.C6H5NO2.Ir/c1-3-8-18-15(6-1)16-7-2-4-9-19(16)25(18)20-10-5-12-24-22(20)17-11-13-23-14-21(17)25;8-6(9)5-3-1-2-4-7-5;/h1-10,12-14H;1-4H,(H,8,9);/q-1;;. The fraction of sp³-hybridized carbons (Fsp3) is 0. The molecule has 1 spiro atoms. The van der Waals surface area contributed by atoms with E-state index < -0.39 is 14.0 Å². The summed E-state index contributed by atoms with van der Waals surface area (Å²) in [7, 11) is -2.31. The predicted molar refractivity (Wildman–Crippen MR) is 134 cm³/mol. The number of rotatable bonds is 1. The number of carboxylic acids is 1. The quantitative estimate of drug-likeness (QED) is 0.219. The van der Waals surface area contributed by atoms with Gasteiger partial charge >= 0.3 is 5.97 Å². The minimum atomic E-state index is -2.31. The fourth-order valence-electron chi connectivity index (χ4n) is 5.19. The van der Waals surface area contributed by atoms with Gasteiger partial charge in [0.25, 0.3) is 0 Å². The van der Waals surface area contributed by atoms with Crippen LogP contribution in [0.5, 0.6) is 0 Å². The van der Waals surface area contributed by atoms with Crippen LogP contribution in [0.4, 0.5) is 0 Å². The molecule has 0 saturated carbocycles. The first-order chi connectivity index (χ1) is 16.7. The summed E-state index contributed by atoms with van der Waals surface area (Å²) < 4.78 is 0. The Morgan fingerprint density at radius 2 is 1.37 bits per heavy atom. The number of hydrogen-bond acceptors (Lipinski definition) is 4. The molecule has 0 atom stereocenters. The molecule has 0 bridgehead atoms. The summed E-state index contributed by atoms with van der Waals surface area (Å²) in [5.41, 5.74) is 5.01. The maximum atomic E-state index is 10.1. The summed E-state index contributed by atoms with van der Waals surface area (Å²) in [6, 6.07) is 30.2. The van der Waals surface area contributed by atoms with E-state index in [0.717, 1.165) is 11.3 Å². The zero-order chi connectivity index (χ0) is 23.1. The summed E-state index contributed by atoms with van der Waals surface area (Å²) in [6.07, 6.45) is 7.15. The minimum absolute atomic E-state index is 0. The van der Waals surface area contributed by atoms with E-state index in [4.69, 9.17) is 10.1 Å². The molecule has 0 unspecified atom stereocenters. The number of pyridine rings is 3. The van der Waals surface area contributed by atoms with Crippen molar-refractivity contribution in [2.24, 2.45) is 0 Å². The van der Waals surface area contributed by atoms with Crippen LogP contribution in [-0.2, 0) is 20.1 Å². The van der Waals surface area contributed by atoms with Gasteiger partial charge in [-0.3, -0.25) is 4.98 Å². The van der Waals surface area contributed by atoms with Gasteiger partial charge in [-0.2, -0.15) is 11.6 Å². The Hall–Kier alpha value is -3.77. The number of carboxylic acid groups (broad SMARTS) is 1. The number of aromatic carboxylic acids is 1. The summed E-state index contributed by atoms with van der Waals surface area (Å²) >= 11 is 0.